The highest BCUT2D eigenvalue weighted by Gasteiger charge is 2.25. The topological polar surface area (TPSA) is 62.2 Å². The van der Waals surface area contributed by atoms with Gasteiger partial charge in [0.25, 0.3) is 5.91 Å². The van der Waals surface area contributed by atoms with Gasteiger partial charge in [0.2, 0.25) is 0 Å². The highest BCUT2D eigenvalue weighted by molar-refractivity contribution is 5.92. The van der Waals surface area contributed by atoms with E-state index in [9.17, 15) is 4.79 Å². The second-order valence-corrected chi connectivity index (χ2v) is 7.05. The minimum Gasteiger partial charge on any atom is -0.337 e. The summed E-state index contributed by atoms with van der Waals surface area (Å²) in [5, 5.41) is 0. The number of hydrogen-bond acceptors (Lipinski definition) is 5. The van der Waals surface area contributed by atoms with Crippen LogP contribution in [0.3, 0.4) is 0 Å². The summed E-state index contributed by atoms with van der Waals surface area (Å²) < 4.78 is 0. The number of amides is 1. The van der Waals surface area contributed by atoms with Crippen LogP contribution < -0.4 is 0 Å². The molecule has 0 unspecified atom stereocenters. The fraction of sp³-hybridized carbons (Fsp3) is 0.500. The van der Waals surface area contributed by atoms with E-state index in [1.165, 1.54) is 0 Å². The number of aryl methyl sites for hydroxylation is 2. The van der Waals surface area contributed by atoms with Crippen molar-refractivity contribution in [1.29, 1.82) is 0 Å². The number of nitrogens with zero attached hydrogens (tertiary/aromatic N) is 5. The van der Waals surface area contributed by atoms with Crippen LogP contribution in [0.4, 0.5) is 0 Å². The maximum Gasteiger partial charge on any atom is 0.272 e. The predicted octanol–water partition coefficient (Wildman–Crippen LogP) is 2.62. The van der Waals surface area contributed by atoms with E-state index in [1.807, 2.05) is 37.1 Å². The van der Waals surface area contributed by atoms with Gasteiger partial charge in [0.1, 0.15) is 11.5 Å². The quantitative estimate of drug-likeness (QED) is 0.845. The van der Waals surface area contributed by atoms with Crippen molar-refractivity contribution in [2.24, 2.45) is 0 Å². The maximum atomic E-state index is 12.8. The van der Waals surface area contributed by atoms with E-state index in [-0.39, 0.29) is 5.91 Å². The summed E-state index contributed by atoms with van der Waals surface area (Å²) in [4.78, 5) is 30.1. The van der Waals surface area contributed by atoms with Crippen molar-refractivity contribution in [3.05, 3.63) is 53.4 Å². The van der Waals surface area contributed by atoms with Gasteiger partial charge in [0.15, 0.2) is 0 Å². The van der Waals surface area contributed by atoms with Crippen molar-refractivity contribution in [3.8, 4) is 0 Å². The molecular weight excluding hydrogens is 326 g/mol. The van der Waals surface area contributed by atoms with Crippen molar-refractivity contribution in [1.82, 2.24) is 24.8 Å². The Morgan fingerprint density at radius 1 is 1.23 bits per heavy atom. The molecule has 0 saturated carbocycles. The number of likely N-dealkylation sites (tertiary alicyclic amines) is 1. The molecule has 1 amide bonds. The van der Waals surface area contributed by atoms with Crippen LogP contribution in [0.5, 0.6) is 0 Å². The number of carbonyl (C=O) groups excluding carboxylic acids is 1. The van der Waals surface area contributed by atoms with Crippen molar-refractivity contribution >= 4 is 5.91 Å². The Hall–Kier alpha value is -2.34. The lowest BCUT2D eigenvalue weighted by atomic mass is 10.1. The number of hydrogen-bond donors (Lipinski definition) is 0. The highest BCUT2D eigenvalue weighted by Crippen LogP contribution is 2.19. The lowest BCUT2D eigenvalue weighted by molar-refractivity contribution is 0.0750. The standard InChI is InChI=1S/C20H27N5O/c1-15-13-19(23-16(2)22-15)20(26)25-11-6-8-18(9-12-25)24(3)14-17-7-4-5-10-21-17/h4-5,7,10,13,18H,6,8-9,11-12,14H2,1-3H3/t18-/m1/s1. The number of carbonyl (C=O) groups is 1. The van der Waals surface area contributed by atoms with E-state index in [0.29, 0.717) is 17.6 Å². The zero-order chi connectivity index (χ0) is 18.5. The fourth-order valence-electron chi connectivity index (χ4n) is 3.59. The Labute approximate surface area is 155 Å². The number of aromatic nitrogens is 3. The molecular formula is C20H27N5O. The van der Waals surface area contributed by atoms with Crippen LogP contribution in [0.15, 0.2) is 30.5 Å². The highest BCUT2D eigenvalue weighted by atomic mass is 16.2. The summed E-state index contributed by atoms with van der Waals surface area (Å²) >= 11 is 0. The van der Waals surface area contributed by atoms with Crippen LogP contribution in [-0.4, -0.2) is 56.8 Å². The van der Waals surface area contributed by atoms with Gasteiger partial charge in [-0.2, -0.15) is 0 Å². The van der Waals surface area contributed by atoms with E-state index >= 15 is 0 Å². The number of rotatable bonds is 4. The molecule has 1 fully saturated rings. The molecule has 0 radical (unpaired) electrons. The average molecular weight is 353 g/mol. The molecule has 2 aromatic heterocycles. The first-order valence-corrected chi connectivity index (χ1v) is 9.24. The fourth-order valence-corrected chi connectivity index (χ4v) is 3.59. The van der Waals surface area contributed by atoms with Crippen LogP contribution in [0.25, 0.3) is 0 Å². The first kappa shape index (κ1) is 18.5. The van der Waals surface area contributed by atoms with Gasteiger partial charge in [-0.05, 0) is 58.4 Å². The first-order valence-electron chi connectivity index (χ1n) is 9.24. The Morgan fingerprint density at radius 3 is 2.81 bits per heavy atom. The smallest absolute Gasteiger partial charge is 0.272 e. The monoisotopic (exact) mass is 353 g/mol. The molecule has 6 heteroatoms. The first-order chi connectivity index (χ1) is 12.5. The minimum absolute atomic E-state index is 0.0200. The molecule has 0 spiro atoms. The van der Waals surface area contributed by atoms with Crippen molar-refractivity contribution in [2.45, 2.75) is 45.7 Å². The Balaban J connectivity index is 1.61. The normalized spacial score (nSPS) is 18.0. The predicted molar refractivity (Wildman–Crippen MR) is 101 cm³/mol. The largest absolute Gasteiger partial charge is 0.337 e. The third kappa shape index (κ3) is 4.64. The van der Waals surface area contributed by atoms with Crippen molar-refractivity contribution in [3.63, 3.8) is 0 Å². The molecule has 0 aromatic carbocycles. The van der Waals surface area contributed by atoms with E-state index in [1.54, 1.807) is 6.07 Å². The Morgan fingerprint density at radius 2 is 2.08 bits per heavy atom. The molecule has 3 rings (SSSR count). The summed E-state index contributed by atoms with van der Waals surface area (Å²) in [6, 6.07) is 8.27. The van der Waals surface area contributed by atoms with Crippen LogP contribution in [-0.2, 0) is 6.54 Å². The molecule has 0 bridgehead atoms. The Bertz CT molecular complexity index is 729. The van der Waals surface area contributed by atoms with E-state index in [2.05, 4.69) is 33.0 Å². The van der Waals surface area contributed by atoms with Gasteiger partial charge in [-0.25, -0.2) is 9.97 Å². The third-order valence-corrected chi connectivity index (χ3v) is 4.93. The van der Waals surface area contributed by atoms with Gasteiger partial charge in [0.05, 0.1) is 5.69 Å². The zero-order valence-corrected chi connectivity index (χ0v) is 15.9. The summed E-state index contributed by atoms with van der Waals surface area (Å²) in [6.07, 6.45) is 4.90. The van der Waals surface area contributed by atoms with Crippen molar-refractivity contribution in [2.75, 3.05) is 20.1 Å². The molecule has 1 aliphatic heterocycles. The number of pyridine rings is 1. The zero-order valence-electron chi connectivity index (χ0n) is 15.9. The lowest BCUT2D eigenvalue weighted by Gasteiger charge is -2.27. The van der Waals surface area contributed by atoms with Gasteiger partial charge in [-0.3, -0.25) is 14.7 Å². The van der Waals surface area contributed by atoms with Crippen molar-refractivity contribution < 1.29 is 4.79 Å². The molecule has 138 valence electrons. The minimum atomic E-state index is 0.0200. The molecule has 1 atom stereocenters. The van der Waals surface area contributed by atoms with Crippen LogP contribution in [0.2, 0.25) is 0 Å². The molecule has 2 aromatic rings. The molecule has 3 heterocycles. The third-order valence-electron chi connectivity index (χ3n) is 4.93. The van der Waals surface area contributed by atoms with E-state index in [4.69, 9.17) is 0 Å². The summed E-state index contributed by atoms with van der Waals surface area (Å²) in [7, 11) is 2.15. The average Bonchev–Trinajstić information content (AvgIpc) is 2.87. The lowest BCUT2D eigenvalue weighted by Crippen LogP contribution is -2.35. The summed E-state index contributed by atoms with van der Waals surface area (Å²) in [5.41, 5.74) is 2.43. The summed E-state index contributed by atoms with van der Waals surface area (Å²) in [5.74, 6) is 0.669. The van der Waals surface area contributed by atoms with Crippen LogP contribution in [0, 0.1) is 13.8 Å². The second kappa shape index (κ2) is 8.36. The van der Waals surface area contributed by atoms with E-state index < -0.39 is 0 Å². The summed E-state index contributed by atoms with van der Waals surface area (Å²) in [6.45, 7) is 6.11. The molecule has 1 saturated heterocycles. The SMILES string of the molecule is Cc1cc(C(=O)N2CCC[C@@H](N(C)Cc3ccccn3)CC2)nc(C)n1. The van der Waals surface area contributed by atoms with Crippen LogP contribution >= 0.6 is 0 Å². The molecule has 0 aliphatic carbocycles. The van der Waals surface area contributed by atoms with Gasteiger partial charge in [-0.15, -0.1) is 0 Å². The van der Waals surface area contributed by atoms with Gasteiger partial charge < -0.3 is 4.90 Å². The second-order valence-electron chi connectivity index (χ2n) is 7.05. The maximum absolute atomic E-state index is 12.8. The van der Waals surface area contributed by atoms with E-state index in [0.717, 1.165) is 50.3 Å². The van der Waals surface area contributed by atoms with Gasteiger partial charge in [0, 0.05) is 37.6 Å². The van der Waals surface area contributed by atoms with Gasteiger partial charge in [-0.1, -0.05) is 6.07 Å². The molecule has 0 N–H and O–H groups in total. The molecule has 6 nitrogen and oxygen atoms in total. The van der Waals surface area contributed by atoms with Crippen LogP contribution in [0.1, 0.15) is 47.0 Å². The molecule has 1 aliphatic rings. The Kier molecular flexibility index (Phi) is 5.93. The van der Waals surface area contributed by atoms with Gasteiger partial charge >= 0.3 is 0 Å². The molecule has 26 heavy (non-hydrogen) atoms.